The van der Waals surface area contributed by atoms with Crippen LogP contribution in [0.25, 0.3) is 0 Å². The zero-order valence-electron chi connectivity index (χ0n) is 11.5. The molecule has 2 aromatic rings. The molecule has 0 saturated heterocycles. The summed E-state index contributed by atoms with van der Waals surface area (Å²) in [6.45, 7) is 6.36. The number of hydrogen-bond acceptors (Lipinski definition) is 1. The van der Waals surface area contributed by atoms with E-state index in [1.165, 1.54) is 5.56 Å². The van der Waals surface area contributed by atoms with Crippen molar-refractivity contribution in [3.05, 3.63) is 69.2 Å². The summed E-state index contributed by atoms with van der Waals surface area (Å²) in [7, 11) is 0. The van der Waals surface area contributed by atoms with E-state index < -0.39 is 6.10 Å². The molecule has 0 aromatic heterocycles. The zero-order chi connectivity index (χ0) is 14.0. The minimum atomic E-state index is -0.571. The minimum absolute atomic E-state index is 0.513. The molecule has 0 amide bonds. The van der Waals surface area contributed by atoms with Gasteiger partial charge in [0.25, 0.3) is 0 Å². The Hall–Kier alpha value is -1.12. The van der Waals surface area contributed by atoms with E-state index in [-0.39, 0.29) is 0 Å². The molecule has 1 nitrogen and oxygen atoms in total. The summed E-state index contributed by atoms with van der Waals surface area (Å²) in [4.78, 5) is 0. The highest BCUT2D eigenvalue weighted by Gasteiger charge is 2.13. The number of aryl methyl sites for hydroxylation is 1. The second-order valence-corrected chi connectivity index (χ2v) is 6.14. The molecule has 0 saturated carbocycles. The van der Waals surface area contributed by atoms with Gasteiger partial charge in [-0.2, -0.15) is 0 Å². The molecule has 0 heterocycles. The molecular formula is C17H19BrO. The molecule has 2 rings (SSSR count). The summed E-state index contributed by atoms with van der Waals surface area (Å²) < 4.78 is 0.992. The van der Waals surface area contributed by atoms with Crippen molar-refractivity contribution in [3.8, 4) is 0 Å². The van der Waals surface area contributed by atoms with Crippen LogP contribution in [0.5, 0.6) is 0 Å². The Bertz CT molecular complexity index is 558. The largest absolute Gasteiger partial charge is 0.384 e. The smallest absolute Gasteiger partial charge is 0.104 e. The molecule has 1 atom stereocenters. The minimum Gasteiger partial charge on any atom is -0.384 e. The Kier molecular flexibility index (Phi) is 4.43. The molecule has 0 radical (unpaired) electrons. The van der Waals surface area contributed by atoms with E-state index >= 15 is 0 Å². The van der Waals surface area contributed by atoms with Crippen molar-refractivity contribution < 1.29 is 5.11 Å². The van der Waals surface area contributed by atoms with E-state index in [9.17, 15) is 5.11 Å². The average molecular weight is 319 g/mol. The Morgan fingerprint density at radius 1 is 0.947 bits per heavy atom. The van der Waals surface area contributed by atoms with Gasteiger partial charge < -0.3 is 5.11 Å². The van der Waals surface area contributed by atoms with E-state index in [1.54, 1.807) is 0 Å². The van der Waals surface area contributed by atoms with Crippen LogP contribution in [0.1, 0.15) is 48.1 Å². The second kappa shape index (κ2) is 5.89. The van der Waals surface area contributed by atoms with Crippen molar-refractivity contribution in [2.75, 3.05) is 0 Å². The third-order valence-corrected chi connectivity index (χ3v) is 3.95. The van der Waals surface area contributed by atoms with Crippen molar-refractivity contribution in [3.63, 3.8) is 0 Å². The van der Waals surface area contributed by atoms with Gasteiger partial charge in [-0.25, -0.2) is 0 Å². The highest BCUT2D eigenvalue weighted by Crippen LogP contribution is 2.28. The van der Waals surface area contributed by atoms with Gasteiger partial charge >= 0.3 is 0 Å². The number of benzene rings is 2. The molecule has 0 fully saturated rings. The van der Waals surface area contributed by atoms with Crippen molar-refractivity contribution in [2.24, 2.45) is 0 Å². The molecule has 0 bridgehead atoms. The molecule has 2 aromatic carbocycles. The first kappa shape index (κ1) is 14.3. The summed E-state index contributed by atoms with van der Waals surface area (Å²) in [5.74, 6) is 0.513. The second-order valence-electron chi connectivity index (χ2n) is 5.22. The molecule has 100 valence electrons. The van der Waals surface area contributed by atoms with Gasteiger partial charge in [0.15, 0.2) is 0 Å². The summed E-state index contributed by atoms with van der Waals surface area (Å²) in [6.07, 6.45) is -0.571. The summed E-state index contributed by atoms with van der Waals surface area (Å²) in [5, 5.41) is 10.5. The first-order valence-electron chi connectivity index (χ1n) is 6.53. The lowest BCUT2D eigenvalue weighted by molar-refractivity contribution is 0.219. The van der Waals surface area contributed by atoms with Crippen LogP contribution in [0.4, 0.5) is 0 Å². The fourth-order valence-corrected chi connectivity index (χ4v) is 2.53. The summed E-state index contributed by atoms with van der Waals surface area (Å²) in [5.41, 5.74) is 4.28. The summed E-state index contributed by atoms with van der Waals surface area (Å²) >= 11 is 3.46. The van der Waals surface area contributed by atoms with Crippen LogP contribution < -0.4 is 0 Å². The van der Waals surface area contributed by atoms with E-state index in [0.29, 0.717) is 5.92 Å². The topological polar surface area (TPSA) is 20.2 Å². The number of hydrogen-bond donors (Lipinski definition) is 1. The highest BCUT2D eigenvalue weighted by molar-refractivity contribution is 9.10. The number of aliphatic hydroxyl groups excluding tert-OH is 1. The molecule has 1 N–H and O–H groups in total. The molecule has 0 aliphatic rings. The normalized spacial score (nSPS) is 12.7. The lowest BCUT2D eigenvalue weighted by Gasteiger charge is -2.15. The fraction of sp³-hybridized carbons (Fsp3) is 0.294. The van der Waals surface area contributed by atoms with Crippen LogP contribution in [0.3, 0.4) is 0 Å². The molecule has 0 aliphatic heterocycles. The van der Waals surface area contributed by atoms with Crippen molar-refractivity contribution in [2.45, 2.75) is 32.8 Å². The van der Waals surface area contributed by atoms with Gasteiger partial charge in [0, 0.05) is 4.47 Å². The van der Waals surface area contributed by atoms with Crippen LogP contribution in [0.2, 0.25) is 0 Å². The van der Waals surface area contributed by atoms with Crippen LogP contribution in [0.15, 0.2) is 46.9 Å². The van der Waals surface area contributed by atoms with Crippen LogP contribution in [0, 0.1) is 6.92 Å². The Labute approximate surface area is 123 Å². The van der Waals surface area contributed by atoms with E-state index in [2.05, 4.69) is 41.9 Å². The third kappa shape index (κ3) is 3.26. The van der Waals surface area contributed by atoms with E-state index in [0.717, 1.165) is 21.2 Å². The van der Waals surface area contributed by atoms with Gasteiger partial charge in [0.2, 0.25) is 0 Å². The maximum absolute atomic E-state index is 10.5. The maximum atomic E-state index is 10.5. The van der Waals surface area contributed by atoms with Gasteiger partial charge in [-0.15, -0.1) is 0 Å². The van der Waals surface area contributed by atoms with Gasteiger partial charge in [-0.05, 0) is 47.2 Å². The third-order valence-electron chi connectivity index (χ3n) is 3.45. The monoisotopic (exact) mass is 318 g/mol. The van der Waals surface area contributed by atoms with Crippen LogP contribution in [-0.2, 0) is 0 Å². The van der Waals surface area contributed by atoms with Gasteiger partial charge in [-0.3, -0.25) is 0 Å². The molecule has 1 unspecified atom stereocenters. The first-order valence-corrected chi connectivity index (χ1v) is 7.32. The predicted molar refractivity (Wildman–Crippen MR) is 83.5 cm³/mol. The average Bonchev–Trinajstić information content (AvgIpc) is 2.41. The van der Waals surface area contributed by atoms with Crippen molar-refractivity contribution in [1.82, 2.24) is 0 Å². The zero-order valence-corrected chi connectivity index (χ0v) is 13.1. The van der Waals surface area contributed by atoms with Crippen molar-refractivity contribution in [1.29, 1.82) is 0 Å². The maximum Gasteiger partial charge on any atom is 0.104 e. The van der Waals surface area contributed by atoms with E-state index in [1.807, 2.05) is 37.3 Å². The van der Waals surface area contributed by atoms with Crippen LogP contribution in [-0.4, -0.2) is 5.11 Å². The number of rotatable bonds is 3. The fourth-order valence-electron chi connectivity index (χ4n) is 2.15. The molecule has 0 spiro atoms. The molecular weight excluding hydrogens is 300 g/mol. The Morgan fingerprint density at radius 2 is 1.53 bits per heavy atom. The quantitative estimate of drug-likeness (QED) is 0.847. The Morgan fingerprint density at radius 3 is 2.11 bits per heavy atom. The lowest BCUT2D eigenvalue weighted by Crippen LogP contribution is -2.02. The van der Waals surface area contributed by atoms with Crippen molar-refractivity contribution >= 4 is 15.9 Å². The summed E-state index contributed by atoms with van der Waals surface area (Å²) in [6, 6.07) is 14.2. The first-order chi connectivity index (χ1) is 8.99. The predicted octanol–water partition coefficient (Wildman–Crippen LogP) is 4.96. The SMILES string of the molecule is Cc1ccc(Br)cc1C(O)c1ccc(C(C)C)cc1. The standard InChI is InChI=1S/C17H19BrO/c1-11(2)13-5-7-14(8-6-13)17(19)16-10-15(18)9-4-12(16)3/h4-11,17,19H,1-3H3. The molecule has 0 aliphatic carbocycles. The molecule has 2 heteroatoms. The van der Waals surface area contributed by atoms with Gasteiger partial charge in [0.1, 0.15) is 6.10 Å². The van der Waals surface area contributed by atoms with Gasteiger partial charge in [-0.1, -0.05) is 60.1 Å². The highest BCUT2D eigenvalue weighted by atomic mass is 79.9. The van der Waals surface area contributed by atoms with Crippen LogP contribution >= 0.6 is 15.9 Å². The van der Waals surface area contributed by atoms with Gasteiger partial charge in [0.05, 0.1) is 0 Å². The molecule has 19 heavy (non-hydrogen) atoms. The Balaban J connectivity index is 2.33. The number of halogens is 1. The number of aliphatic hydroxyl groups is 1. The van der Waals surface area contributed by atoms with E-state index in [4.69, 9.17) is 0 Å². The lowest BCUT2D eigenvalue weighted by atomic mass is 9.95.